The molecule has 0 atom stereocenters. The summed E-state index contributed by atoms with van der Waals surface area (Å²) in [6.45, 7) is 9.85. The van der Waals surface area contributed by atoms with Gasteiger partial charge in [0.2, 0.25) is 4.38 Å². The molecule has 0 aromatic rings. The summed E-state index contributed by atoms with van der Waals surface area (Å²) < 4.78 is 14.8. The smallest absolute Gasteiger partial charge is 0.410 e. The first kappa shape index (κ1) is 19.5. The monoisotopic (exact) mass is 333 g/mol. The largest absolute Gasteiger partial charge is 0.478 e. The Kier molecular flexibility index (Phi) is 11.3. The van der Waals surface area contributed by atoms with Gasteiger partial charge in [-0.3, -0.25) is 0 Å². The Labute approximate surface area is 134 Å². The molecule has 21 heavy (non-hydrogen) atoms. The molecule has 0 aliphatic heterocycles. The minimum Gasteiger partial charge on any atom is -0.478 e. The number of rotatable bonds is 8. The van der Waals surface area contributed by atoms with Crippen molar-refractivity contribution < 1.29 is 23.8 Å². The molecule has 118 valence electrons. The highest BCUT2D eigenvalue weighted by atomic mass is 32.2. The molecule has 0 radical (unpaired) electrons. The quantitative estimate of drug-likeness (QED) is 0.293. The Morgan fingerprint density at radius 1 is 1.14 bits per heavy atom. The number of hydrogen-bond acceptors (Lipinski definition) is 7. The fraction of sp³-hybridized carbons (Fsp3) is 0.462. The molecule has 0 heterocycles. The van der Waals surface area contributed by atoms with Crippen LogP contribution in [0.1, 0.15) is 6.92 Å². The molecule has 0 aliphatic carbocycles. The molecule has 0 unspecified atom stereocenters. The second kappa shape index (κ2) is 12.2. The molecule has 0 aromatic heterocycles. The third-order valence-electron chi connectivity index (χ3n) is 1.91. The van der Waals surface area contributed by atoms with Gasteiger partial charge in [0.05, 0.1) is 6.61 Å². The molecule has 0 rings (SSSR count). The van der Waals surface area contributed by atoms with Gasteiger partial charge in [-0.2, -0.15) is 0 Å². The van der Waals surface area contributed by atoms with E-state index in [1.807, 2.05) is 0 Å². The van der Waals surface area contributed by atoms with E-state index in [-0.39, 0.29) is 17.6 Å². The van der Waals surface area contributed by atoms with Gasteiger partial charge in [0.1, 0.15) is 13.2 Å². The van der Waals surface area contributed by atoms with Gasteiger partial charge in [0.15, 0.2) is 0 Å². The van der Waals surface area contributed by atoms with Crippen molar-refractivity contribution in [3.8, 4) is 0 Å². The molecule has 0 saturated heterocycles. The van der Waals surface area contributed by atoms with E-state index < -0.39 is 11.4 Å². The van der Waals surface area contributed by atoms with Gasteiger partial charge >= 0.3 is 11.4 Å². The van der Waals surface area contributed by atoms with Crippen molar-refractivity contribution in [1.82, 2.24) is 4.90 Å². The molecule has 6 nitrogen and oxygen atoms in total. The Bertz CT molecular complexity index is 377. The molecule has 0 fully saturated rings. The van der Waals surface area contributed by atoms with E-state index in [1.165, 1.54) is 4.90 Å². The third kappa shape index (κ3) is 9.91. The number of carbonyl (C=O) groups excluding carboxylic acids is 2. The lowest BCUT2D eigenvalue weighted by Gasteiger charge is -2.18. The normalized spacial score (nSPS) is 9.38. The first-order chi connectivity index (χ1) is 10.0. The minimum atomic E-state index is -0.599. The Balaban J connectivity index is 3.89. The fourth-order valence-corrected chi connectivity index (χ4v) is 1.90. The van der Waals surface area contributed by atoms with Crippen molar-refractivity contribution >= 4 is 39.8 Å². The Morgan fingerprint density at radius 2 is 1.71 bits per heavy atom. The van der Waals surface area contributed by atoms with Crippen LogP contribution < -0.4 is 0 Å². The van der Waals surface area contributed by atoms with E-state index in [4.69, 9.17) is 26.4 Å². The number of carbonyl (C=O) groups is 2. The van der Waals surface area contributed by atoms with Crippen LogP contribution in [0.4, 0.5) is 9.59 Å². The first-order valence-corrected chi connectivity index (χ1v) is 7.42. The van der Waals surface area contributed by atoms with Gasteiger partial charge in [-0.25, -0.2) is 9.59 Å². The second-order valence-electron chi connectivity index (χ2n) is 3.48. The summed E-state index contributed by atoms with van der Waals surface area (Å²) in [5.41, 5.74) is 0. The van der Waals surface area contributed by atoms with E-state index >= 15 is 0 Å². The summed E-state index contributed by atoms with van der Waals surface area (Å²) in [5, 5.41) is -0.599. The lowest BCUT2D eigenvalue weighted by atomic mass is 10.5. The minimum absolute atomic E-state index is 0.0443. The van der Waals surface area contributed by atoms with E-state index in [9.17, 15) is 9.59 Å². The molecule has 0 aromatic carbocycles. The average molecular weight is 333 g/mol. The number of nitrogens with zero attached hydrogens (tertiary/aromatic N) is 1. The highest BCUT2D eigenvalue weighted by Gasteiger charge is 2.13. The number of ether oxygens (including phenoxy) is 3. The summed E-state index contributed by atoms with van der Waals surface area (Å²) in [5.74, 6) is 0. The zero-order valence-corrected chi connectivity index (χ0v) is 13.5. The van der Waals surface area contributed by atoms with Crippen LogP contribution in [0, 0.1) is 0 Å². The van der Waals surface area contributed by atoms with Crippen LogP contribution in [0.3, 0.4) is 0 Å². The predicted molar refractivity (Wildman–Crippen MR) is 86.5 cm³/mol. The maximum Gasteiger partial charge on any atom is 0.410 e. The van der Waals surface area contributed by atoms with Gasteiger partial charge in [-0.1, -0.05) is 12.2 Å². The molecule has 0 saturated carbocycles. The average Bonchev–Trinajstić information content (AvgIpc) is 2.43. The van der Waals surface area contributed by atoms with Crippen molar-refractivity contribution in [2.75, 3.05) is 32.9 Å². The maximum absolute atomic E-state index is 11.7. The molecular formula is C13H19NO5S2. The van der Waals surface area contributed by atoms with Gasteiger partial charge in [-0.05, 0) is 19.1 Å². The summed E-state index contributed by atoms with van der Waals surface area (Å²) in [4.78, 5) is 24.4. The van der Waals surface area contributed by atoms with Crippen LogP contribution in [0.15, 0.2) is 25.3 Å². The summed E-state index contributed by atoms with van der Waals surface area (Å²) >= 11 is 5.45. The van der Waals surface area contributed by atoms with Gasteiger partial charge in [0, 0.05) is 24.9 Å². The van der Waals surface area contributed by atoms with Crippen LogP contribution in [-0.2, 0) is 14.2 Å². The summed E-state index contributed by atoms with van der Waals surface area (Å²) in [7, 11) is 0. The van der Waals surface area contributed by atoms with Crippen LogP contribution in [0.5, 0.6) is 0 Å². The van der Waals surface area contributed by atoms with Crippen LogP contribution >= 0.6 is 24.0 Å². The molecule has 8 heteroatoms. The van der Waals surface area contributed by atoms with Gasteiger partial charge < -0.3 is 19.1 Å². The van der Waals surface area contributed by atoms with Crippen LogP contribution in [0.2, 0.25) is 0 Å². The zero-order valence-electron chi connectivity index (χ0n) is 11.9. The van der Waals surface area contributed by atoms with E-state index in [0.29, 0.717) is 31.5 Å². The number of hydrogen-bond donors (Lipinski definition) is 0. The van der Waals surface area contributed by atoms with Gasteiger partial charge in [0.25, 0.3) is 0 Å². The SMILES string of the molecule is C=CCN(CC=C)C(=O)OCCOC(=O)SC(=S)OCC. The topological polar surface area (TPSA) is 65.1 Å². The third-order valence-corrected chi connectivity index (χ3v) is 2.85. The molecule has 1 amide bonds. The number of thiocarbonyl (C=S) groups is 1. The van der Waals surface area contributed by atoms with Crippen molar-refractivity contribution in [1.29, 1.82) is 0 Å². The Morgan fingerprint density at radius 3 is 2.24 bits per heavy atom. The van der Waals surface area contributed by atoms with E-state index in [2.05, 4.69) is 13.2 Å². The van der Waals surface area contributed by atoms with E-state index in [0.717, 1.165) is 0 Å². The van der Waals surface area contributed by atoms with Crippen LogP contribution in [0.25, 0.3) is 0 Å². The molecule has 0 aliphatic rings. The summed E-state index contributed by atoms with van der Waals surface area (Å²) in [6, 6.07) is 0. The molecule has 0 N–H and O–H groups in total. The molecular weight excluding hydrogens is 314 g/mol. The van der Waals surface area contributed by atoms with Crippen LogP contribution in [-0.4, -0.2) is 53.6 Å². The van der Waals surface area contributed by atoms with E-state index in [1.54, 1.807) is 19.1 Å². The Hall–Kier alpha value is -1.54. The lowest BCUT2D eigenvalue weighted by Crippen LogP contribution is -2.32. The highest BCUT2D eigenvalue weighted by Crippen LogP contribution is 2.09. The lowest BCUT2D eigenvalue weighted by molar-refractivity contribution is 0.0844. The van der Waals surface area contributed by atoms with Crippen molar-refractivity contribution in [3.63, 3.8) is 0 Å². The maximum atomic E-state index is 11.7. The predicted octanol–water partition coefficient (Wildman–Crippen LogP) is 2.99. The van der Waals surface area contributed by atoms with Crippen molar-refractivity contribution in [2.24, 2.45) is 0 Å². The first-order valence-electron chi connectivity index (χ1n) is 6.20. The molecule has 0 bridgehead atoms. The highest BCUT2D eigenvalue weighted by molar-refractivity contribution is 8.32. The summed E-state index contributed by atoms with van der Waals surface area (Å²) in [6.07, 6.45) is 2.63. The zero-order chi connectivity index (χ0) is 16.1. The standard InChI is InChI=1S/C13H19NO5S2/c1-4-7-14(8-5-2)11(15)18-9-10-19-12(16)21-13(20)17-6-3/h4-5H,1-2,6-10H2,3H3. The second-order valence-corrected chi connectivity index (χ2v) is 5.02. The van der Waals surface area contributed by atoms with Crippen molar-refractivity contribution in [3.05, 3.63) is 25.3 Å². The van der Waals surface area contributed by atoms with Gasteiger partial charge in [-0.15, -0.1) is 13.2 Å². The number of amides is 1. The number of thioether (sulfide) groups is 1. The fourth-order valence-electron chi connectivity index (χ4n) is 1.13. The van der Waals surface area contributed by atoms with Crippen molar-refractivity contribution in [2.45, 2.75) is 6.92 Å². The molecule has 0 spiro atoms.